The van der Waals surface area contributed by atoms with E-state index in [1.807, 2.05) is 24.3 Å². The summed E-state index contributed by atoms with van der Waals surface area (Å²) >= 11 is 0. The minimum absolute atomic E-state index is 0.576. The summed E-state index contributed by atoms with van der Waals surface area (Å²) in [6.45, 7) is 8.26. The van der Waals surface area contributed by atoms with Crippen LogP contribution in [0.2, 0.25) is 0 Å². The summed E-state index contributed by atoms with van der Waals surface area (Å²) < 4.78 is 17.2. The van der Waals surface area contributed by atoms with E-state index in [2.05, 4.69) is 40.7 Å². The highest BCUT2D eigenvalue weighted by molar-refractivity contribution is 5.88. The van der Waals surface area contributed by atoms with Crippen LogP contribution in [0.25, 0.3) is 10.8 Å². The maximum Gasteiger partial charge on any atom is 0.191 e. The van der Waals surface area contributed by atoms with E-state index in [4.69, 9.17) is 14.2 Å². The Morgan fingerprint density at radius 1 is 1.07 bits per heavy atom. The molecule has 1 heterocycles. The molecule has 30 heavy (non-hydrogen) atoms. The van der Waals surface area contributed by atoms with Gasteiger partial charge in [0.25, 0.3) is 0 Å². The number of aliphatic imine (C=N–C) groups is 1. The molecule has 1 saturated heterocycles. The molecule has 0 saturated carbocycles. The van der Waals surface area contributed by atoms with Gasteiger partial charge in [-0.25, -0.2) is 0 Å². The molecule has 164 valence electrons. The van der Waals surface area contributed by atoms with Crippen molar-refractivity contribution >= 4 is 16.7 Å². The van der Waals surface area contributed by atoms with E-state index in [-0.39, 0.29) is 0 Å². The SMILES string of the molecule is CCNC(=NCCCOCC1CCOCC1)NCCOc1cccc2ccccc12. The Morgan fingerprint density at radius 3 is 2.77 bits per heavy atom. The van der Waals surface area contributed by atoms with Gasteiger partial charge >= 0.3 is 0 Å². The molecule has 2 aromatic carbocycles. The number of hydrogen-bond acceptors (Lipinski definition) is 4. The molecule has 1 fully saturated rings. The van der Waals surface area contributed by atoms with E-state index in [0.717, 1.165) is 75.9 Å². The smallest absolute Gasteiger partial charge is 0.191 e. The fraction of sp³-hybridized carbons (Fsp3) is 0.542. The fourth-order valence-corrected chi connectivity index (χ4v) is 3.51. The van der Waals surface area contributed by atoms with Crippen LogP contribution in [-0.4, -0.2) is 58.6 Å². The molecule has 1 aliphatic rings. The van der Waals surface area contributed by atoms with Crippen molar-refractivity contribution in [2.75, 3.05) is 52.7 Å². The molecular weight excluding hydrogens is 378 g/mol. The molecule has 3 rings (SSSR count). The predicted molar refractivity (Wildman–Crippen MR) is 122 cm³/mol. The molecule has 0 bridgehead atoms. The second-order valence-corrected chi connectivity index (χ2v) is 7.50. The molecule has 0 radical (unpaired) electrons. The molecule has 0 spiro atoms. The summed E-state index contributed by atoms with van der Waals surface area (Å²) in [6, 6.07) is 14.4. The summed E-state index contributed by atoms with van der Waals surface area (Å²) in [5.74, 6) is 2.39. The summed E-state index contributed by atoms with van der Waals surface area (Å²) in [7, 11) is 0. The lowest BCUT2D eigenvalue weighted by Gasteiger charge is -2.21. The van der Waals surface area contributed by atoms with Gasteiger partial charge in [0.15, 0.2) is 5.96 Å². The molecule has 1 aliphatic heterocycles. The molecule has 6 heteroatoms. The third-order valence-corrected chi connectivity index (χ3v) is 5.16. The molecule has 2 N–H and O–H groups in total. The number of hydrogen-bond donors (Lipinski definition) is 2. The molecule has 0 aromatic heterocycles. The summed E-state index contributed by atoms with van der Waals surface area (Å²) in [4.78, 5) is 4.63. The van der Waals surface area contributed by atoms with E-state index < -0.39 is 0 Å². The van der Waals surface area contributed by atoms with Crippen LogP contribution in [0, 0.1) is 5.92 Å². The van der Waals surface area contributed by atoms with Crippen molar-refractivity contribution in [3.8, 4) is 5.75 Å². The van der Waals surface area contributed by atoms with Crippen molar-refractivity contribution < 1.29 is 14.2 Å². The second kappa shape index (κ2) is 13.1. The molecule has 2 aromatic rings. The summed E-state index contributed by atoms with van der Waals surface area (Å²) in [6.07, 6.45) is 3.16. The first kappa shape index (κ1) is 22.4. The average Bonchev–Trinajstić information content (AvgIpc) is 2.79. The predicted octanol–water partition coefficient (Wildman–Crippen LogP) is 3.61. The highest BCUT2D eigenvalue weighted by Gasteiger charge is 2.13. The zero-order valence-electron chi connectivity index (χ0n) is 18.1. The number of nitrogens with one attached hydrogen (secondary N) is 2. The lowest BCUT2D eigenvalue weighted by Crippen LogP contribution is -2.39. The van der Waals surface area contributed by atoms with Crippen LogP contribution in [0.1, 0.15) is 26.2 Å². The fourth-order valence-electron chi connectivity index (χ4n) is 3.51. The number of guanidine groups is 1. The van der Waals surface area contributed by atoms with Gasteiger partial charge < -0.3 is 24.8 Å². The van der Waals surface area contributed by atoms with Crippen LogP contribution in [0.15, 0.2) is 47.5 Å². The molecule has 0 aliphatic carbocycles. The van der Waals surface area contributed by atoms with Crippen molar-refractivity contribution in [2.24, 2.45) is 10.9 Å². The Balaban J connectivity index is 1.33. The number of fused-ring (bicyclic) bond motifs is 1. The molecule has 0 unspecified atom stereocenters. The summed E-state index contributed by atoms with van der Waals surface area (Å²) in [5.41, 5.74) is 0. The lowest BCUT2D eigenvalue weighted by molar-refractivity contribution is 0.0205. The van der Waals surface area contributed by atoms with E-state index in [0.29, 0.717) is 19.1 Å². The normalized spacial score (nSPS) is 15.3. The minimum atomic E-state index is 0.576. The first-order valence-electron chi connectivity index (χ1n) is 11.1. The van der Waals surface area contributed by atoms with Crippen molar-refractivity contribution in [1.29, 1.82) is 0 Å². The summed E-state index contributed by atoms with van der Waals surface area (Å²) in [5, 5.41) is 8.95. The number of nitrogens with zero attached hydrogens (tertiary/aromatic N) is 1. The van der Waals surface area contributed by atoms with Gasteiger partial charge in [-0.1, -0.05) is 36.4 Å². The Hall–Kier alpha value is -2.31. The quantitative estimate of drug-likeness (QED) is 0.335. The highest BCUT2D eigenvalue weighted by Crippen LogP contribution is 2.24. The number of rotatable bonds is 11. The minimum Gasteiger partial charge on any atom is -0.491 e. The Labute approximate surface area is 180 Å². The van der Waals surface area contributed by atoms with E-state index in [1.165, 1.54) is 5.39 Å². The van der Waals surface area contributed by atoms with E-state index in [9.17, 15) is 0 Å². The zero-order valence-corrected chi connectivity index (χ0v) is 18.1. The van der Waals surface area contributed by atoms with Crippen LogP contribution in [-0.2, 0) is 9.47 Å². The lowest BCUT2D eigenvalue weighted by atomic mass is 10.0. The Morgan fingerprint density at radius 2 is 1.90 bits per heavy atom. The largest absolute Gasteiger partial charge is 0.491 e. The van der Waals surface area contributed by atoms with Gasteiger partial charge in [0.05, 0.1) is 6.54 Å². The van der Waals surface area contributed by atoms with Gasteiger partial charge in [-0.3, -0.25) is 4.99 Å². The van der Waals surface area contributed by atoms with E-state index in [1.54, 1.807) is 0 Å². The topological polar surface area (TPSA) is 64.1 Å². The van der Waals surface area contributed by atoms with Crippen molar-refractivity contribution in [3.05, 3.63) is 42.5 Å². The third kappa shape index (κ3) is 7.50. The molecular formula is C24H35N3O3. The standard InChI is InChI=1S/C24H35N3O3/c1-2-25-24(26-13-6-15-29-19-20-11-16-28-17-12-20)27-14-18-30-23-10-5-8-21-7-3-4-9-22(21)23/h3-5,7-10,20H,2,6,11-19H2,1H3,(H2,25,26,27). The Kier molecular flexibility index (Phi) is 9.76. The monoisotopic (exact) mass is 413 g/mol. The molecule has 6 nitrogen and oxygen atoms in total. The van der Waals surface area contributed by atoms with Gasteiger partial charge in [-0.05, 0) is 43.6 Å². The van der Waals surface area contributed by atoms with Gasteiger partial charge in [0.2, 0.25) is 0 Å². The van der Waals surface area contributed by atoms with Crippen LogP contribution in [0.4, 0.5) is 0 Å². The first-order chi connectivity index (χ1) is 14.9. The highest BCUT2D eigenvalue weighted by atomic mass is 16.5. The van der Waals surface area contributed by atoms with Gasteiger partial charge in [0.1, 0.15) is 12.4 Å². The van der Waals surface area contributed by atoms with Gasteiger partial charge in [0, 0.05) is 44.9 Å². The van der Waals surface area contributed by atoms with Crippen LogP contribution >= 0.6 is 0 Å². The van der Waals surface area contributed by atoms with Crippen molar-refractivity contribution in [3.63, 3.8) is 0 Å². The third-order valence-electron chi connectivity index (χ3n) is 5.16. The van der Waals surface area contributed by atoms with Gasteiger partial charge in [-0.15, -0.1) is 0 Å². The van der Waals surface area contributed by atoms with Crippen LogP contribution in [0.5, 0.6) is 5.75 Å². The molecule has 0 atom stereocenters. The number of ether oxygens (including phenoxy) is 3. The maximum absolute atomic E-state index is 5.99. The second-order valence-electron chi connectivity index (χ2n) is 7.50. The van der Waals surface area contributed by atoms with Crippen molar-refractivity contribution in [2.45, 2.75) is 26.2 Å². The Bertz CT molecular complexity index is 770. The first-order valence-corrected chi connectivity index (χ1v) is 11.1. The van der Waals surface area contributed by atoms with E-state index >= 15 is 0 Å². The maximum atomic E-state index is 5.99. The van der Waals surface area contributed by atoms with Crippen LogP contribution in [0.3, 0.4) is 0 Å². The van der Waals surface area contributed by atoms with Gasteiger partial charge in [-0.2, -0.15) is 0 Å². The zero-order chi connectivity index (χ0) is 20.9. The molecule has 0 amide bonds. The van der Waals surface area contributed by atoms with Crippen molar-refractivity contribution in [1.82, 2.24) is 10.6 Å². The average molecular weight is 414 g/mol. The number of benzene rings is 2. The van der Waals surface area contributed by atoms with Crippen LogP contribution < -0.4 is 15.4 Å².